The first kappa shape index (κ1) is 26.0. The number of halogens is 1. The zero-order valence-electron chi connectivity index (χ0n) is 20.2. The van der Waals surface area contributed by atoms with Crippen molar-refractivity contribution in [3.63, 3.8) is 0 Å². The minimum atomic E-state index is -4.63. The molecule has 13 heteroatoms. The molecule has 5 rings (SSSR count). The number of aliphatic hydroxyl groups is 1. The van der Waals surface area contributed by atoms with E-state index in [9.17, 15) is 28.2 Å². The predicted molar refractivity (Wildman–Crippen MR) is 134 cm³/mol. The van der Waals surface area contributed by atoms with Gasteiger partial charge in [0.15, 0.2) is 5.54 Å². The number of likely N-dealkylation sites (tertiary alicyclic amines) is 1. The number of carbonyl (C=O) groups is 2. The smallest absolute Gasteiger partial charge is 0.321 e. The summed E-state index contributed by atoms with van der Waals surface area (Å²) in [6.07, 6.45) is 1.29. The molecule has 2 aliphatic rings. The Balaban J connectivity index is 1.80. The number of aliphatic carboxylic acids is 1. The Hall–Kier alpha value is -3.58. The van der Waals surface area contributed by atoms with Crippen molar-refractivity contribution in [1.82, 2.24) is 4.90 Å². The van der Waals surface area contributed by atoms with E-state index >= 15 is 0 Å². The molecular formula is C25H23ClN2O9S. The number of amides is 1. The average Bonchev–Trinajstić information content (AvgIpc) is 3.61. The van der Waals surface area contributed by atoms with Gasteiger partial charge < -0.3 is 24.1 Å². The molecule has 2 aromatic carbocycles. The van der Waals surface area contributed by atoms with Crippen molar-refractivity contribution in [3.8, 4) is 11.5 Å². The number of hydrogen-bond acceptors (Lipinski definition) is 9. The van der Waals surface area contributed by atoms with Crippen molar-refractivity contribution in [2.45, 2.75) is 29.0 Å². The summed E-state index contributed by atoms with van der Waals surface area (Å²) < 4.78 is 44.7. The number of carboxylic acid groups (broad SMARTS) is 1. The Kier molecular flexibility index (Phi) is 6.38. The lowest BCUT2D eigenvalue weighted by Gasteiger charge is -2.39. The monoisotopic (exact) mass is 562 g/mol. The highest BCUT2D eigenvalue weighted by molar-refractivity contribution is 7.93. The third-order valence-corrected chi connectivity index (χ3v) is 8.86. The number of aliphatic hydroxyl groups excluding tert-OH is 1. The molecule has 200 valence electrons. The van der Waals surface area contributed by atoms with Crippen LogP contribution in [0.15, 0.2) is 64.3 Å². The van der Waals surface area contributed by atoms with Crippen molar-refractivity contribution in [1.29, 1.82) is 0 Å². The topological polar surface area (TPSA) is 147 Å². The van der Waals surface area contributed by atoms with E-state index < -0.39 is 39.6 Å². The van der Waals surface area contributed by atoms with Crippen LogP contribution in [0.5, 0.6) is 11.5 Å². The Morgan fingerprint density at radius 2 is 1.92 bits per heavy atom. The second-order valence-corrected chi connectivity index (χ2v) is 11.1. The third kappa shape index (κ3) is 3.67. The van der Waals surface area contributed by atoms with Crippen LogP contribution in [0.3, 0.4) is 0 Å². The first-order valence-corrected chi connectivity index (χ1v) is 13.2. The quantitative estimate of drug-likeness (QED) is 0.440. The van der Waals surface area contributed by atoms with Gasteiger partial charge >= 0.3 is 5.97 Å². The molecule has 0 bridgehead atoms. The molecule has 3 atom stereocenters. The molecule has 0 aliphatic carbocycles. The summed E-state index contributed by atoms with van der Waals surface area (Å²) in [5, 5.41) is 20.7. The molecule has 1 fully saturated rings. The van der Waals surface area contributed by atoms with Gasteiger partial charge in [-0.2, -0.15) is 0 Å². The van der Waals surface area contributed by atoms with Gasteiger partial charge in [0.25, 0.3) is 15.9 Å². The summed E-state index contributed by atoms with van der Waals surface area (Å²) in [4.78, 5) is 27.8. The molecule has 38 heavy (non-hydrogen) atoms. The summed E-state index contributed by atoms with van der Waals surface area (Å²) >= 11 is 6.33. The highest BCUT2D eigenvalue weighted by Gasteiger charge is 2.63. The SMILES string of the molecule is COc1ccc(S(=O)(=O)N2C(=O)C(c3ccoc3)(N3C[C@H](O)C[C@H]3C(=O)O)c3cc(Cl)ccc32)c(OC)c1. The van der Waals surface area contributed by atoms with Crippen LogP contribution in [0.4, 0.5) is 5.69 Å². The van der Waals surface area contributed by atoms with Crippen molar-refractivity contribution in [2.75, 3.05) is 25.1 Å². The largest absolute Gasteiger partial charge is 0.497 e. The zero-order valence-corrected chi connectivity index (χ0v) is 21.8. The Morgan fingerprint density at radius 3 is 2.55 bits per heavy atom. The number of carboxylic acids is 1. The third-order valence-electron chi connectivity index (χ3n) is 6.88. The van der Waals surface area contributed by atoms with Gasteiger partial charge in [-0.3, -0.25) is 14.5 Å². The number of benzene rings is 2. The summed E-state index contributed by atoms with van der Waals surface area (Å²) in [6, 6.07) is 8.42. The fourth-order valence-electron chi connectivity index (χ4n) is 5.28. The van der Waals surface area contributed by atoms with Gasteiger partial charge in [-0.1, -0.05) is 11.6 Å². The van der Waals surface area contributed by atoms with Gasteiger partial charge in [0.2, 0.25) is 0 Å². The average molecular weight is 563 g/mol. The molecule has 2 N–H and O–H groups in total. The van der Waals surface area contributed by atoms with Gasteiger partial charge in [-0.15, -0.1) is 0 Å². The number of sulfonamides is 1. The van der Waals surface area contributed by atoms with E-state index in [0.29, 0.717) is 10.1 Å². The molecule has 3 heterocycles. The van der Waals surface area contributed by atoms with E-state index in [1.807, 2.05) is 0 Å². The molecule has 2 aliphatic heterocycles. The van der Waals surface area contributed by atoms with Crippen LogP contribution >= 0.6 is 11.6 Å². The van der Waals surface area contributed by atoms with E-state index in [1.54, 1.807) is 0 Å². The lowest BCUT2D eigenvalue weighted by atomic mass is 9.83. The highest BCUT2D eigenvalue weighted by atomic mass is 35.5. The van der Waals surface area contributed by atoms with Gasteiger partial charge in [-0.05, 0) is 36.4 Å². The molecule has 1 unspecified atom stereocenters. The lowest BCUT2D eigenvalue weighted by molar-refractivity contribution is -0.145. The van der Waals surface area contributed by atoms with E-state index in [-0.39, 0.29) is 45.4 Å². The van der Waals surface area contributed by atoms with Crippen LogP contribution in [0, 0.1) is 0 Å². The molecule has 0 spiro atoms. The first-order chi connectivity index (χ1) is 18.1. The summed E-state index contributed by atoms with van der Waals surface area (Å²) in [5.74, 6) is -1.98. The Morgan fingerprint density at radius 1 is 1.16 bits per heavy atom. The zero-order chi connectivity index (χ0) is 27.4. The molecule has 1 saturated heterocycles. The van der Waals surface area contributed by atoms with Crippen molar-refractivity contribution in [3.05, 3.63) is 71.1 Å². The molecule has 0 saturated carbocycles. The van der Waals surface area contributed by atoms with Crippen molar-refractivity contribution >= 4 is 39.2 Å². The van der Waals surface area contributed by atoms with Gasteiger partial charge in [0.1, 0.15) is 22.4 Å². The normalized spacial score (nSPS) is 23.5. The van der Waals surface area contributed by atoms with E-state index in [4.69, 9.17) is 25.5 Å². The highest BCUT2D eigenvalue weighted by Crippen LogP contribution is 2.53. The number of fused-ring (bicyclic) bond motifs is 1. The first-order valence-electron chi connectivity index (χ1n) is 11.4. The van der Waals surface area contributed by atoms with Gasteiger partial charge in [0.05, 0.1) is 38.5 Å². The Labute approximate surface area is 222 Å². The summed E-state index contributed by atoms with van der Waals surface area (Å²) in [6.45, 7) is -0.223. The predicted octanol–water partition coefficient (Wildman–Crippen LogP) is 2.45. The fraction of sp³-hybridized carbons (Fsp3) is 0.280. The molecule has 3 aromatic rings. The van der Waals surface area contributed by atoms with Crippen molar-refractivity contribution in [2.24, 2.45) is 0 Å². The number of nitrogens with zero attached hydrogens (tertiary/aromatic N) is 2. The number of furan rings is 1. The van der Waals surface area contributed by atoms with Crippen LogP contribution < -0.4 is 13.8 Å². The maximum absolute atomic E-state index is 14.6. The van der Waals surface area contributed by atoms with E-state index in [0.717, 1.165) is 0 Å². The van der Waals surface area contributed by atoms with Gasteiger partial charge in [-0.25, -0.2) is 12.7 Å². The van der Waals surface area contributed by atoms with Crippen LogP contribution in [0.25, 0.3) is 0 Å². The maximum Gasteiger partial charge on any atom is 0.321 e. The number of methoxy groups -OCH3 is 2. The Bertz CT molecular complexity index is 1530. The van der Waals surface area contributed by atoms with E-state index in [1.165, 1.54) is 74.1 Å². The number of carbonyl (C=O) groups excluding carboxylic acids is 1. The molecule has 1 amide bonds. The lowest BCUT2D eigenvalue weighted by Crippen LogP contribution is -2.58. The van der Waals surface area contributed by atoms with Crippen LogP contribution in [-0.4, -0.2) is 68.3 Å². The molecule has 0 radical (unpaired) electrons. The number of anilines is 1. The summed E-state index contributed by atoms with van der Waals surface area (Å²) in [5.41, 5.74) is -1.69. The summed E-state index contributed by atoms with van der Waals surface area (Å²) in [7, 11) is -1.94. The standard InChI is InChI=1S/C25H23ClN2O9S/c1-35-17-4-6-22(21(11-17)36-2)38(33,34)28-19-5-3-15(26)9-18(19)25(24(28)32,14-7-8-37-13-14)27-12-16(29)10-20(27)23(30)31/h3-9,11,13,16,20,29H,10,12H2,1-2H3,(H,30,31)/t16-,20+,25?/m1/s1. The minimum absolute atomic E-state index is 0.0241. The van der Waals surface area contributed by atoms with Crippen LogP contribution in [0.1, 0.15) is 17.5 Å². The fourth-order valence-corrected chi connectivity index (χ4v) is 7.06. The second kappa shape index (κ2) is 9.31. The number of rotatable bonds is 7. The van der Waals surface area contributed by atoms with Crippen LogP contribution in [0.2, 0.25) is 5.02 Å². The van der Waals surface area contributed by atoms with E-state index in [2.05, 4.69) is 0 Å². The molecule has 11 nitrogen and oxygen atoms in total. The van der Waals surface area contributed by atoms with Crippen molar-refractivity contribution < 1.29 is 42.1 Å². The number of hydrogen-bond donors (Lipinski definition) is 2. The number of β-amino-alcohol motifs (C(OH)–C–C–N with tert-alkyl or cyclic N) is 1. The molecular weight excluding hydrogens is 540 g/mol. The van der Waals surface area contributed by atoms with Crippen LogP contribution in [-0.2, 0) is 25.2 Å². The second-order valence-electron chi connectivity index (χ2n) is 8.87. The van der Waals surface area contributed by atoms with Gasteiger partial charge in [0, 0.05) is 35.2 Å². The maximum atomic E-state index is 14.6. The number of ether oxygens (including phenoxy) is 2. The minimum Gasteiger partial charge on any atom is -0.497 e. The molecule has 1 aromatic heterocycles.